The summed E-state index contributed by atoms with van der Waals surface area (Å²) in [7, 11) is 1.74. The minimum absolute atomic E-state index is 0.241. The maximum absolute atomic E-state index is 12.3. The van der Waals surface area contributed by atoms with Crippen molar-refractivity contribution in [3.63, 3.8) is 0 Å². The highest BCUT2D eigenvalue weighted by Gasteiger charge is 2.31. The summed E-state index contributed by atoms with van der Waals surface area (Å²) in [6.07, 6.45) is -3.95. The first kappa shape index (κ1) is 14.4. The number of benzene rings is 1. The van der Waals surface area contributed by atoms with Gasteiger partial charge in [0, 0.05) is 23.8 Å². The van der Waals surface area contributed by atoms with Gasteiger partial charge in [0.15, 0.2) is 0 Å². The van der Waals surface area contributed by atoms with E-state index in [4.69, 9.17) is 0 Å². The molecule has 1 aromatic heterocycles. The molecular weight excluding hydrogens is 269 g/mol. The summed E-state index contributed by atoms with van der Waals surface area (Å²) in [5.74, 6) is -0.241. The fourth-order valence-electron chi connectivity index (χ4n) is 2.32. The quantitative estimate of drug-likeness (QED) is 0.923. The van der Waals surface area contributed by atoms with Gasteiger partial charge in [0.2, 0.25) is 0 Å². The Morgan fingerprint density at radius 1 is 1.30 bits per heavy atom. The highest BCUT2D eigenvalue weighted by Crippen LogP contribution is 2.32. The number of pyridine rings is 1. The van der Waals surface area contributed by atoms with Gasteiger partial charge in [-0.05, 0) is 37.1 Å². The highest BCUT2D eigenvalue weighted by molar-refractivity contribution is 5.94. The molecule has 0 saturated carbocycles. The first-order valence-corrected chi connectivity index (χ1v) is 6.22. The van der Waals surface area contributed by atoms with Crippen LogP contribution in [0.2, 0.25) is 0 Å². The van der Waals surface area contributed by atoms with Gasteiger partial charge in [-0.25, -0.2) is 0 Å². The second-order valence-corrected chi connectivity index (χ2v) is 4.38. The molecule has 1 aromatic carbocycles. The van der Waals surface area contributed by atoms with Crippen LogP contribution in [-0.2, 0) is 6.42 Å². The van der Waals surface area contributed by atoms with Gasteiger partial charge in [-0.15, -0.1) is 13.2 Å². The zero-order chi connectivity index (χ0) is 14.9. The van der Waals surface area contributed by atoms with Gasteiger partial charge in [-0.2, -0.15) is 0 Å². The largest absolute Gasteiger partial charge is 0.573 e. The van der Waals surface area contributed by atoms with Crippen LogP contribution in [0.15, 0.2) is 18.2 Å². The summed E-state index contributed by atoms with van der Waals surface area (Å²) in [5.41, 5.74) is 3.29. The lowest BCUT2D eigenvalue weighted by Gasteiger charge is -2.15. The van der Waals surface area contributed by atoms with Crippen LogP contribution < -0.4 is 10.1 Å². The van der Waals surface area contributed by atoms with Crippen LogP contribution in [0.1, 0.15) is 18.2 Å². The summed E-state index contributed by atoms with van der Waals surface area (Å²) in [6.45, 7) is 3.87. The van der Waals surface area contributed by atoms with E-state index in [1.165, 1.54) is 18.2 Å². The number of halogens is 3. The number of anilines is 1. The van der Waals surface area contributed by atoms with Crippen LogP contribution in [-0.4, -0.2) is 18.4 Å². The number of fused-ring (bicyclic) bond motifs is 1. The van der Waals surface area contributed by atoms with Gasteiger partial charge >= 0.3 is 6.36 Å². The van der Waals surface area contributed by atoms with Crippen molar-refractivity contribution in [2.75, 3.05) is 12.4 Å². The normalized spacial score (nSPS) is 11.7. The maximum atomic E-state index is 12.3. The van der Waals surface area contributed by atoms with E-state index in [0.717, 1.165) is 23.4 Å². The standard InChI is InChI=1S/C14H15F3N2O/c1-4-10-8(2)19-12-6-5-9(20-14(15,16)17)7-11(12)13(10)18-3/h5-7H,4H2,1-3H3,(H,18,19). The fraction of sp³-hybridized carbons (Fsp3) is 0.357. The van der Waals surface area contributed by atoms with Crippen molar-refractivity contribution >= 4 is 16.6 Å². The molecule has 0 aliphatic rings. The third-order valence-corrected chi connectivity index (χ3v) is 3.10. The lowest BCUT2D eigenvalue weighted by molar-refractivity contribution is -0.274. The molecule has 20 heavy (non-hydrogen) atoms. The van der Waals surface area contributed by atoms with Crippen molar-refractivity contribution in [2.45, 2.75) is 26.6 Å². The molecule has 0 unspecified atom stereocenters. The first-order valence-electron chi connectivity index (χ1n) is 6.22. The summed E-state index contributed by atoms with van der Waals surface area (Å²) in [4.78, 5) is 4.42. The van der Waals surface area contributed by atoms with E-state index in [1.807, 2.05) is 13.8 Å². The Morgan fingerprint density at radius 2 is 2.00 bits per heavy atom. The molecular formula is C14H15F3N2O. The monoisotopic (exact) mass is 284 g/mol. The van der Waals surface area contributed by atoms with Gasteiger partial charge in [0.05, 0.1) is 5.52 Å². The molecule has 0 bridgehead atoms. The molecule has 0 aliphatic carbocycles. The summed E-state index contributed by atoms with van der Waals surface area (Å²) in [5, 5.41) is 3.67. The van der Waals surface area contributed by atoms with E-state index in [0.29, 0.717) is 10.9 Å². The van der Waals surface area contributed by atoms with Crippen LogP contribution in [0.4, 0.5) is 18.9 Å². The average molecular weight is 284 g/mol. The van der Waals surface area contributed by atoms with E-state index in [2.05, 4.69) is 15.0 Å². The molecule has 0 spiro atoms. The summed E-state index contributed by atoms with van der Waals surface area (Å²) < 4.78 is 40.8. The minimum Gasteiger partial charge on any atom is -0.406 e. The third kappa shape index (κ3) is 2.79. The topological polar surface area (TPSA) is 34.1 Å². The van der Waals surface area contributed by atoms with Gasteiger partial charge in [-0.1, -0.05) is 6.92 Å². The number of rotatable bonds is 3. The first-order chi connectivity index (χ1) is 9.35. The number of nitrogens with zero attached hydrogens (tertiary/aromatic N) is 1. The molecule has 2 rings (SSSR count). The van der Waals surface area contributed by atoms with Crippen LogP contribution in [0, 0.1) is 6.92 Å². The highest BCUT2D eigenvalue weighted by atomic mass is 19.4. The Balaban J connectivity index is 2.63. The molecule has 3 nitrogen and oxygen atoms in total. The van der Waals surface area contributed by atoms with Crippen LogP contribution in [0.5, 0.6) is 5.75 Å². The smallest absolute Gasteiger partial charge is 0.406 e. The number of aryl methyl sites for hydroxylation is 1. The third-order valence-electron chi connectivity index (χ3n) is 3.10. The second-order valence-electron chi connectivity index (χ2n) is 4.38. The molecule has 108 valence electrons. The minimum atomic E-state index is -4.70. The van der Waals surface area contributed by atoms with Crippen molar-refractivity contribution in [3.8, 4) is 5.75 Å². The van der Waals surface area contributed by atoms with Gasteiger partial charge < -0.3 is 10.1 Å². The van der Waals surface area contributed by atoms with Crippen molar-refractivity contribution in [1.29, 1.82) is 0 Å². The van der Waals surface area contributed by atoms with E-state index in [1.54, 1.807) is 7.05 Å². The molecule has 0 amide bonds. The average Bonchev–Trinajstić information content (AvgIpc) is 2.35. The van der Waals surface area contributed by atoms with Gasteiger partial charge in [-0.3, -0.25) is 4.98 Å². The van der Waals surface area contributed by atoms with E-state index in [9.17, 15) is 13.2 Å². The number of aromatic nitrogens is 1. The Labute approximate surface area is 114 Å². The second kappa shape index (κ2) is 5.19. The Bertz CT molecular complexity index is 638. The molecule has 0 radical (unpaired) electrons. The van der Waals surface area contributed by atoms with Crippen LogP contribution in [0.3, 0.4) is 0 Å². The number of hydrogen-bond acceptors (Lipinski definition) is 3. The van der Waals surface area contributed by atoms with Crippen molar-refractivity contribution in [2.24, 2.45) is 0 Å². The number of alkyl halides is 3. The molecule has 0 aliphatic heterocycles. The van der Waals surface area contributed by atoms with Crippen molar-refractivity contribution in [3.05, 3.63) is 29.5 Å². The summed E-state index contributed by atoms with van der Waals surface area (Å²) in [6, 6.07) is 4.16. The molecule has 0 atom stereocenters. The SMILES string of the molecule is CCc1c(C)nc2ccc(OC(F)(F)F)cc2c1NC. The Morgan fingerprint density at radius 3 is 2.55 bits per heavy atom. The van der Waals surface area contributed by atoms with Crippen molar-refractivity contribution in [1.82, 2.24) is 4.98 Å². The van der Waals surface area contributed by atoms with Gasteiger partial charge in [0.1, 0.15) is 5.75 Å². The molecule has 0 fully saturated rings. The Hall–Kier alpha value is -1.98. The molecule has 6 heteroatoms. The molecule has 0 saturated heterocycles. The predicted octanol–water partition coefficient (Wildman–Crippen LogP) is 4.05. The van der Waals surface area contributed by atoms with Gasteiger partial charge in [0.25, 0.3) is 0 Å². The zero-order valence-corrected chi connectivity index (χ0v) is 11.4. The van der Waals surface area contributed by atoms with E-state index in [-0.39, 0.29) is 5.75 Å². The van der Waals surface area contributed by atoms with Crippen LogP contribution >= 0.6 is 0 Å². The van der Waals surface area contributed by atoms with Crippen LogP contribution in [0.25, 0.3) is 10.9 Å². The van der Waals surface area contributed by atoms with E-state index < -0.39 is 6.36 Å². The van der Waals surface area contributed by atoms with E-state index >= 15 is 0 Å². The Kier molecular flexibility index (Phi) is 3.74. The number of hydrogen-bond donors (Lipinski definition) is 1. The lowest BCUT2D eigenvalue weighted by atomic mass is 10.0. The molecule has 1 heterocycles. The van der Waals surface area contributed by atoms with Crippen molar-refractivity contribution < 1.29 is 17.9 Å². The maximum Gasteiger partial charge on any atom is 0.573 e. The number of nitrogens with one attached hydrogen (secondary N) is 1. The summed E-state index contributed by atoms with van der Waals surface area (Å²) >= 11 is 0. The predicted molar refractivity (Wildman–Crippen MR) is 72.1 cm³/mol. The lowest BCUT2D eigenvalue weighted by Crippen LogP contribution is -2.17. The zero-order valence-electron chi connectivity index (χ0n) is 11.4. The number of ether oxygens (including phenoxy) is 1. The molecule has 1 N–H and O–H groups in total. The fourth-order valence-corrected chi connectivity index (χ4v) is 2.32. The molecule has 2 aromatic rings.